The molecule has 112 valence electrons. The molecule has 3 nitrogen and oxygen atoms in total. The second kappa shape index (κ2) is 8.57. The highest BCUT2D eigenvalue weighted by Crippen LogP contribution is 2.21. The van der Waals surface area contributed by atoms with Crippen molar-refractivity contribution in [2.24, 2.45) is 11.8 Å². The van der Waals surface area contributed by atoms with Crippen molar-refractivity contribution in [3.05, 3.63) is 0 Å². The molecule has 1 saturated heterocycles. The molecule has 19 heavy (non-hydrogen) atoms. The molecule has 0 radical (unpaired) electrons. The van der Waals surface area contributed by atoms with E-state index in [1.165, 1.54) is 12.8 Å². The molecule has 1 heterocycles. The Kier molecular flexibility index (Phi) is 7.44. The van der Waals surface area contributed by atoms with Crippen LogP contribution in [0.2, 0.25) is 0 Å². The highest BCUT2D eigenvalue weighted by atomic mass is 16.2. The Labute approximate surface area is 119 Å². The molecule has 2 unspecified atom stereocenters. The third kappa shape index (κ3) is 5.52. The molecule has 0 spiro atoms. The zero-order valence-corrected chi connectivity index (χ0v) is 13.2. The standard InChI is InChI=1S/C16H32N2O/c1-5-10-17-15(13(3)4)12-18-11-9-14(6-2)7-8-16(18)19/h13-15,17H,5-12H2,1-4H3. The van der Waals surface area contributed by atoms with E-state index < -0.39 is 0 Å². The fourth-order valence-electron chi connectivity index (χ4n) is 2.77. The minimum absolute atomic E-state index is 0.361. The van der Waals surface area contributed by atoms with Gasteiger partial charge in [0.25, 0.3) is 0 Å². The number of amides is 1. The van der Waals surface area contributed by atoms with E-state index in [2.05, 4.69) is 37.9 Å². The van der Waals surface area contributed by atoms with Crippen molar-refractivity contribution in [1.82, 2.24) is 10.2 Å². The smallest absolute Gasteiger partial charge is 0.222 e. The summed E-state index contributed by atoms with van der Waals surface area (Å²) in [6.45, 7) is 11.8. The molecule has 1 aliphatic rings. The third-order valence-electron chi connectivity index (χ3n) is 4.38. The highest BCUT2D eigenvalue weighted by Gasteiger charge is 2.24. The van der Waals surface area contributed by atoms with E-state index in [-0.39, 0.29) is 0 Å². The van der Waals surface area contributed by atoms with Crippen molar-refractivity contribution in [1.29, 1.82) is 0 Å². The van der Waals surface area contributed by atoms with Crippen LogP contribution in [-0.2, 0) is 4.79 Å². The van der Waals surface area contributed by atoms with Crippen LogP contribution in [0.5, 0.6) is 0 Å². The average Bonchev–Trinajstić information content (AvgIpc) is 2.56. The molecule has 2 atom stereocenters. The Bertz CT molecular complexity index is 265. The molecule has 0 aromatic rings. The van der Waals surface area contributed by atoms with Gasteiger partial charge in [0.15, 0.2) is 0 Å². The van der Waals surface area contributed by atoms with Gasteiger partial charge in [0.05, 0.1) is 0 Å². The fraction of sp³-hybridized carbons (Fsp3) is 0.938. The molecule has 1 N–H and O–H groups in total. The molecular weight excluding hydrogens is 236 g/mol. The van der Waals surface area contributed by atoms with Crippen LogP contribution in [0.15, 0.2) is 0 Å². The highest BCUT2D eigenvalue weighted by molar-refractivity contribution is 5.76. The predicted octanol–water partition coefficient (Wildman–Crippen LogP) is 3.05. The molecule has 1 fully saturated rings. The van der Waals surface area contributed by atoms with Crippen LogP contribution in [0.4, 0.5) is 0 Å². The van der Waals surface area contributed by atoms with E-state index in [1.54, 1.807) is 0 Å². The zero-order valence-electron chi connectivity index (χ0n) is 13.2. The first-order chi connectivity index (χ1) is 9.08. The predicted molar refractivity (Wildman–Crippen MR) is 81.1 cm³/mol. The van der Waals surface area contributed by atoms with Gasteiger partial charge < -0.3 is 10.2 Å². The van der Waals surface area contributed by atoms with Crippen LogP contribution in [0.3, 0.4) is 0 Å². The average molecular weight is 268 g/mol. The van der Waals surface area contributed by atoms with Gasteiger partial charge in [-0.3, -0.25) is 4.79 Å². The van der Waals surface area contributed by atoms with Gasteiger partial charge in [0, 0.05) is 25.6 Å². The Morgan fingerprint density at radius 2 is 2.05 bits per heavy atom. The summed E-state index contributed by atoms with van der Waals surface area (Å²) in [6, 6.07) is 0.432. The first kappa shape index (κ1) is 16.5. The van der Waals surface area contributed by atoms with Gasteiger partial charge in [0.2, 0.25) is 5.91 Å². The van der Waals surface area contributed by atoms with E-state index in [1.807, 2.05) is 0 Å². The van der Waals surface area contributed by atoms with Crippen LogP contribution in [0.1, 0.15) is 59.8 Å². The number of carbonyl (C=O) groups excluding carboxylic acids is 1. The summed E-state index contributed by atoms with van der Waals surface area (Å²) in [7, 11) is 0. The summed E-state index contributed by atoms with van der Waals surface area (Å²) in [5.41, 5.74) is 0. The summed E-state index contributed by atoms with van der Waals surface area (Å²) >= 11 is 0. The lowest BCUT2D eigenvalue weighted by atomic mass is 9.98. The molecule has 0 bridgehead atoms. The van der Waals surface area contributed by atoms with E-state index in [9.17, 15) is 4.79 Å². The molecular formula is C16H32N2O. The van der Waals surface area contributed by atoms with E-state index in [4.69, 9.17) is 0 Å². The quantitative estimate of drug-likeness (QED) is 0.769. The van der Waals surface area contributed by atoms with Crippen molar-refractivity contribution >= 4 is 5.91 Å². The maximum absolute atomic E-state index is 12.2. The Hall–Kier alpha value is -0.570. The summed E-state index contributed by atoms with van der Waals surface area (Å²) < 4.78 is 0. The van der Waals surface area contributed by atoms with Crippen LogP contribution in [-0.4, -0.2) is 36.5 Å². The fourth-order valence-corrected chi connectivity index (χ4v) is 2.77. The van der Waals surface area contributed by atoms with Gasteiger partial charge in [-0.1, -0.05) is 34.1 Å². The number of rotatable bonds is 7. The van der Waals surface area contributed by atoms with Gasteiger partial charge >= 0.3 is 0 Å². The maximum atomic E-state index is 12.2. The van der Waals surface area contributed by atoms with Crippen LogP contribution in [0, 0.1) is 11.8 Å². The molecule has 3 heteroatoms. The van der Waals surface area contributed by atoms with E-state index >= 15 is 0 Å². The molecule has 0 aliphatic carbocycles. The van der Waals surface area contributed by atoms with E-state index in [0.717, 1.165) is 44.8 Å². The molecule has 1 amide bonds. The normalized spacial score (nSPS) is 22.7. The number of hydrogen-bond acceptors (Lipinski definition) is 2. The van der Waals surface area contributed by atoms with Gasteiger partial charge in [-0.05, 0) is 37.6 Å². The zero-order chi connectivity index (χ0) is 14.3. The SMILES string of the molecule is CCCNC(CN1CCC(CC)CCC1=O)C(C)C. The number of nitrogens with one attached hydrogen (secondary N) is 1. The Morgan fingerprint density at radius 1 is 1.32 bits per heavy atom. The van der Waals surface area contributed by atoms with Crippen LogP contribution >= 0.6 is 0 Å². The first-order valence-corrected chi connectivity index (χ1v) is 8.09. The molecule has 0 saturated carbocycles. The molecule has 0 aromatic heterocycles. The monoisotopic (exact) mass is 268 g/mol. The van der Waals surface area contributed by atoms with Crippen molar-refractivity contribution in [3.8, 4) is 0 Å². The lowest BCUT2D eigenvalue weighted by Gasteiger charge is -2.30. The topological polar surface area (TPSA) is 32.3 Å². The largest absolute Gasteiger partial charge is 0.341 e. The van der Waals surface area contributed by atoms with Crippen molar-refractivity contribution in [2.45, 2.75) is 65.8 Å². The maximum Gasteiger partial charge on any atom is 0.222 e. The summed E-state index contributed by atoms with van der Waals surface area (Å²) in [5, 5.41) is 3.59. The van der Waals surface area contributed by atoms with Crippen LogP contribution in [0.25, 0.3) is 0 Å². The summed E-state index contributed by atoms with van der Waals surface area (Å²) in [5.74, 6) is 1.68. The van der Waals surface area contributed by atoms with Gasteiger partial charge in [0.1, 0.15) is 0 Å². The summed E-state index contributed by atoms with van der Waals surface area (Å²) in [4.78, 5) is 14.3. The second-order valence-corrected chi connectivity index (χ2v) is 6.25. The summed E-state index contributed by atoms with van der Waals surface area (Å²) in [6.07, 6.45) is 5.37. The minimum Gasteiger partial charge on any atom is -0.341 e. The number of hydrogen-bond donors (Lipinski definition) is 1. The Morgan fingerprint density at radius 3 is 2.63 bits per heavy atom. The number of nitrogens with zero attached hydrogens (tertiary/aromatic N) is 1. The lowest BCUT2D eigenvalue weighted by molar-refractivity contribution is -0.131. The van der Waals surface area contributed by atoms with Crippen molar-refractivity contribution in [2.75, 3.05) is 19.6 Å². The lowest BCUT2D eigenvalue weighted by Crippen LogP contribution is -2.46. The molecule has 0 aromatic carbocycles. The first-order valence-electron chi connectivity index (χ1n) is 8.09. The van der Waals surface area contributed by atoms with Gasteiger partial charge in [-0.15, -0.1) is 0 Å². The van der Waals surface area contributed by atoms with Crippen molar-refractivity contribution in [3.63, 3.8) is 0 Å². The molecule has 1 rings (SSSR count). The van der Waals surface area contributed by atoms with Crippen LogP contribution < -0.4 is 5.32 Å². The number of carbonyl (C=O) groups is 1. The van der Waals surface area contributed by atoms with Crippen molar-refractivity contribution < 1.29 is 4.79 Å². The van der Waals surface area contributed by atoms with E-state index in [0.29, 0.717) is 17.9 Å². The third-order valence-corrected chi connectivity index (χ3v) is 4.38. The number of likely N-dealkylation sites (tertiary alicyclic amines) is 1. The second-order valence-electron chi connectivity index (χ2n) is 6.25. The minimum atomic E-state index is 0.361. The van der Waals surface area contributed by atoms with Gasteiger partial charge in [-0.25, -0.2) is 0 Å². The van der Waals surface area contributed by atoms with Gasteiger partial charge in [-0.2, -0.15) is 0 Å². The Balaban J connectivity index is 2.53. The molecule has 1 aliphatic heterocycles.